The lowest BCUT2D eigenvalue weighted by atomic mass is 9.99. The van der Waals surface area contributed by atoms with Gasteiger partial charge >= 0.3 is 0 Å². The molecular formula is C13H12ClF2N. The van der Waals surface area contributed by atoms with Crippen LogP contribution >= 0.6 is 12.4 Å². The fourth-order valence-electron chi connectivity index (χ4n) is 1.61. The number of rotatable bonds is 2. The fraction of sp³-hybridized carbons (Fsp3) is 0.0769. The van der Waals surface area contributed by atoms with Crippen LogP contribution in [0.2, 0.25) is 0 Å². The van der Waals surface area contributed by atoms with E-state index in [1.54, 1.807) is 0 Å². The largest absolute Gasteiger partial charge is 0.320 e. The van der Waals surface area contributed by atoms with E-state index in [0.717, 1.165) is 11.6 Å². The van der Waals surface area contributed by atoms with Crippen molar-refractivity contribution in [2.24, 2.45) is 5.73 Å². The molecule has 0 aliphatic heterocycles. The Labute approximate surface area is 105 Å². The minimum absolute atomic E-state index is 0. The SMILES string of the molecule is Cl.NC(c1ccccc1)c1cc(F)cc(F)c1. The van der Waals surface area contributed by atoms with E-state index in [4.69, 9.17) is 5.73 Å². The molecule has 0 saturated heterocycles. The van der Waals surface area contributed by atoms with E-state index in [0.29, 0.717) is 5.56 Å². The number of nitrogens with two attached hydrogens (primary N) is 1. The molecule has 0 saturated carbocycles. The normalized spacial score (nSPS) is 11.7. The standard InChI is InChI=1S/C13H11F2N.ClH/c14-11-6-10(7-12(15)8-11)13(16)9-4-2-1-3-5-9;/h1-8,13H,16H2;1H. The highest BCUT2D eigenvalue weighted by molar-refractivity contribution is 5.85. The third kappa shape index (κ3) is 3.25. The quantitative estimate of drug-likeness (QED) is 0.874. The average Bonchev–Trinajstić information content (AvgIpc) is 2.28. The first-order chi connectivity index (χ1) is 7.66. The molecule has 0 aromatic heterocycles. The molecule has 2 N–H and O–H groups in total. The van der Waals surface area contributed by atoms with Crippen molar-refractivity contribution in [3.8, 4) is 0 Å². The highest BCUT2D eigenvalue weighted by Crippen LogP contribution is 2.20. The van der Waals surface area contributed by atoms with Crippen molar-refractivity contribution in [1.82, 2.24) is 0 Å². The zero-order chi connectivity index (χ0) is 11.5. The van der Waals surface area contributed by atoms with E-state index in [1.807, 2.05) is 30.3 Å². The van der Waals surface area contributed by atoms with Crippen LogP contribution in [0.5, 0.6) is 0 Å². The van der Waals surface area contributed by atoms with Gasteiger partial charge in [-0.3, -0.25) is 0 Å². The summed E-state index contributed by atoms with van der Waals surface area (Å²) in [7, 11) is 0. The molecule has 1 atom stereocenters. The molecule has 1 unspecified atom stereocenters. The molecule has 0 amide bonds. The first-order valence-electron chi connectivity index (χ1n) is 4.93. The van der Waals surface area contributed by atoms with Gasteiger partial charge in [0.15, 0.2) is 0 Å². The summed E-state index contributed by atoms with van der Waals surface area (Å²) in [4.78, 5) is 0. The van der Waals surface area contributed by atoms with Gasteiger partial charge in [0.1, 0.15) is 11.6 Å². The molecule has 0 fully saturated rings. The Morgan fingerprint density at radius 2 is 1.35 bits per heavy atom. The van der Waals surface area contributed by atoms with Gasteiger partial charge in [-0.25, -0.2) is 8.78 Å². The summed E-state index contributed by atoms with van der Waals surface area (Å²) in [5, 5.41) is 0. The molecular weight excluding hydrogens is 244 g/mol. The lowest BCUT2D eigenvalue weighted by Crippen LogP contribution is -2.12. The molecule has 4 heteroatoms. The van der Waals surface area contributed by atoms with Gasteiger partial charge in [-0.15, -0.1) is 12.4 Å². The van der Waals surface area contributed by atoms with Crippen LogP contribution < -0.4 is 5.73 Å². The van der Waals surface area contributed by atoms with E-state index >= 15 is 0 Å². The van der Waals surface area contributed by atoms with Crippen LogP contribution in [-0.4, -0.2) is 0 Å². The second-order valence-electron chi connectivity index (χ2n) is 3.59. The van der Waals surface area contributed by atoms with Gasteiger partial charge in [-0.1, -0.05) is 30.3 Å². The minimum atomic E-state index is -0.610. The van der Waals surface area contributed by atoms with Crippen molar-refractivity contribution >= 4 is 12.4 Å². The Bertz CT molecular complexity index is 468. The smallest absolute Gasteiger partial charge is 0.126 e. The number of hydrogen-bond donors (Lipinski definition) is 1. The molecule has 2 rings (SSSR count). The topological polar surface area (TPSA) is 26.0 Å². The van der Waals surface area contributed by atoms with Gasteiger partial charge in [-0.2, -0.15) is 0 Å². The van der Waals surface area contributed by atoms with Crippen LogP contribution in [0.15, 0.2) is 48.5 Å². The summed E-state index contributed by atoms with van der Waals surface area (Å²) in [6, 6.07) is 12.0. The predicted molar refractivity (Wildman–Crippen MR) is 66.1 cm³/mol. The van der Waals surface area contributed by atoms with E-state index < -0.39 is 17.7 Å². The van der Waals surface area contributed by atoms with Gasteiger partial charge < -0.3 is 5.73 Å². The monoisotopic (exact) mass is 255 g/mol. The number of halogens is 3. The molecule has 17 heavy (non-hydrogen) atoms. The van der Waals surface area contributed by atoms with Gasteiger partial charge in [-0.05, 0) is 23.3 Å². The number of benzene rings is 2. The van der Waals surface area contributed by atoms with Crippen molar-refractivity contribution in [3.05, 3.63) is 71.3 Å². The van der Waals surface area contributed by atoms with Crippen LogP contribution in [0.25, 0.3) is 0 Å². The lowest BCUT2D eigenvalue weighted by molar-refractivity contribution is 0.577. The maximum atomic E-state index is 13.0. The molecule has 0 radical (unpaired) electrons. The first kappa shape index (κ1) is 13.6. The summed E-state index contributed by atoms with van der Waals surface area (Å²) < 4.78 is 26.0. The summed E-state index contributed by atoms with van der Waals surface area (Å²) in [6.45, 7) is 0. The Balaban J connectivity index is 0.00000144. The molecule has 0 heterocycles. The van der Waals surface area contributed by atoms with Crippen molar-refractivity contribution in [1.29, 1.82) is 0 Å². The van der Waals surface area contributed by atoms with Crippen molar-refractivity contribution < 1.29 is 8.78 Å². The Kier molecular flexibility index (Phi) is 4.61. The molecule has 2 aromatic carbocycles. The third-order valence-electron chi connectivity index (χ3n) is 2.40. The van der Waals surface area contributed by atoms with E-state index in [9.17, 15) is 8.78 Å². The second-order valence-corrected chi connectivity index (χ2v) is 3.59. The van der Waals surface area contributed by atoms with Crippen molar-refractivity contribution in [3.63, 3.8) is 0 Å². The second kappa shape index (κ2) is 5.75. The van der Waals surface area contributed by atoms with E-state index in [-0.39, 0.29) is 12.4 Å². The molecule has 0 bridgehead atoms. The van der Waals surface area contributed by atoms with E-state index in [1.165, 1.54) is 12.1 Å². The molecule has 0 aliphatic rings. The maximum absolute atomic E-state index is 13.0. The Hall–Kier alpha value is -1.45. The minimum Gasteiger partial charge on any atom is -0.320 e. The van der Waals surface area contributed by atoms with E-state index in [2.05, 4.69) is 0 Å². The van der Waals surface area contributed by atoms with Crippen molar-refractivity contribution in [2.75, 3.05) is 0 Å². The summed E-state index contributed by atoms with van der Waals surface area (Å²) >= 11 is 0. The van der Waals surface area contributed by atoms with Crippen LogP contribution in [0.3, 0.4) is 0 Å². The summed E-state index contributed by atoms with van der Waals surface area (Å²) in [5.41, 5.74) is 7.18. The molecule has 0 aliphatic carbocycles. The van der Waals surface area contributed by atoms with Crippen LogP contribution in [0.4, 0.5) is 8.78 Å². The number of hydrogen-bond acceptors (Lipinski definition) is 1. The highest BCUT2D eigenvalue weighted by Gasteiger charge is 2.10. The summed E-state index contributed by atoms with van der Waals surface area (Å²) in [6.07, 6.45) is 0. The average molecular weight is 256 g/mol. The Morgan fingerprint density at radius 1 is 0.824 bits per heavy atom. The third-order valence-corrected chi connectivity index (χ3v) is 2.40. The molecule has 90 valence electrons. The molecule has 0 spiro atoms. The van der Waals surface area contributed by atoms with Crippen molar-refractivity contribution in [2.45, 2.75) is 6.04 Å². The van der Waals surface area contributed by atoms with Gasteiger partial charge in [0.25, 0.3) is 0 Å². The van der Waals surface area contributed by atoms with Crippen LogP contribution in [-0.2, 0) is 0 Å². The van der Waals surface area contributed by atoms with Crippen LogP contribution in [0.1, 0.15) is 17.2 Å². The molecule has 1 nitrogen and oxygen atoms in total. The maximum Gasteiger partial charge on any atom is 0.126 e. The predicted octanol–water partition coefficient (Wildman–Crippen LogP) is 3.43. The zero-order valence-corrected chi connectivity index (χ0v) is 9.75. The molecule has 2 aromatic rings. The summed E-state index contributed by atoms with van der Waals surface area (Å²) in [5.74, 6) is -1.22. The zero-order valence-electron chi connectivity index (χ0n) is 8.94. The Morgan fingerprint density at radius 3 is 1.88 bits per heavy atom. The highest BCUT2D eigenvalue weighted by atomic mass is 35.5. The van der Waals surface area contributed by atoms with Crippen LogP contribution in [0, 0.1) is 11.6 Å². The lowest BCUT2D eigenvalue weighted by Gasteiger charge is -2.12. The van der Waals surface area contributed by atoms with Gasteiger partial charge in [0.2, 0.25) is 0 Å². The van der Waals surface area contributed by atoms with Gasteiger partial charge in [0, 0.05) is 6.07 Å². The first-order valence-corrected chi connectivity index (χ1v) is 4.93. The fourth-order valence-corrected chi connectivity index (χ4v) is 1.61. The van der Waals surface area contributed by atoms with Gasteiger partial charge in [0.05, 0.1) is 6.04 Å².